The minimum Gasteiger partial charge on any atom is -0.379 e. The highest BCUT2D eigenvalue weighted by molar-refractivity contribution is 5.74. The number of carbonyl (C=O) groups is 1. The Bertz CT molecular complexity index is 483. The van der Waals surface area contributed by atoms with Gasteiger partial charge in [-0.15, -0.1) is 0 Å². The second kappa shape index (κ2) is 8.34. The number of benzene rings is 1. The minimum absolute atomic E-state index is 0.0291. The third kappa shape index (κ3) is 6.61. The lowest BCUT2D eigenvalue weighted by atomic mass is 9.79. The molecule has 0 radical (unpaired) electrons. The van der Waals surface area contributed by atoms with Gasteiger partial charge in [-0.3, -0.25) is 0 Å². The van der Waals surface area contributed by atoms with Crippen molar-refractivity contribution in [1.82, 2.24) is 10.6 Å². The SMILES string of the molecule is CC(CC(C)(C)c1ccccc1)NC(=O)NCCOCC1CC1. The Balaban J connectivity index is 1.64. The fourth-order valence-electron chi connectivity index (χ4n) is 2.87. The van der Waals surface area contributed by atoms with Gasteiger partial charge in [0, 0.05) is 19.2 Å². The van der Waals surface area contributed by atoms with E-state index in [1.807, 2.05) is 13.0 Å². The van der Waals surface area contributed by atoms with Crippen LogP contribution in [0.2, 0.25) is 0 Å². The summed E-state index contributed by atoms with van der Waals surface area (Å²) in [6.07, 6.45) is 3.48. The molecule has 0 aromatic heterocycles. The molecule has 1 aliphatic carbocycles. The number of carbonyl (C=O) groups excluding carboxylic acids is 1. The number of nitrogens with one attached hydrogen (secondary N) is 2. The van der Waals surface area contributed by atoms with Crippen molar-refractivity contribution in [2.45, 2.75) is 51.5 Å². The van der Waals surface area contributed by atoms with E-state index in [0.717, 1.165) is 18.9 Å². The third-order valence-electron chi connectivity index (χ3n) is 4.33. The van der Waals surface area contributed by atoms with Gasteiger partial charge in [-0.05, 0) is 43.1 Å². The van der Waals surface area contributed by atoms with Gasteiger partial charge in [0.2, 0.25) is 0 Å². The first-order valence-electron chi connectivity index (χ1n) is 8.65. The molecule has 1 atom stereocenters. The summed E-state index contributed by atoms with van der Waals surface area (Å²) in [5, 5.41) is 5.87. The molecule has 1 aliphatic rings. The fraction of sp³-hybridized carbons (Fsp3) is 0.632. The van der Waals surface area contributed by atoms with E-state index in [-0.39, 0.29) is 17.5 Å². The number of ether oxygens (including phenoxy) is 1. The van der Waals surface area contributed by atoms with Crippen molar-refractivity contribution in [2.75, 3.05) is 19.8 Å². The fourth-order valence-corrected chi connectivity index (χ4v) is 2.87. The van der Waals surface area contributed by atoms with Crippen molar-refractivity contribution in [1.29, 1.82) is 0 Å². The first kappa shape index (κ1) is 17.8. The van der Waals surface area contributed by atoms with Gasteiger partial charge >= 0.3 is 6.03 Å². The molecule has 1 saturated carbocycles. The van der Waals surface area contributed by atoms with Crippen LogP contribution in [0.25, 0.3) is 0 Å². The van der Waals surface area contributed by atoms with Gasteiger partial charge in [-0.2, -0.15) is 0 Å². The highest BCUT2D eigenvalue weighted by atomic mass is 16.5. The Labute approximate surface area is 140 Å². The van der Waals surface area contributed by atoms with Crippen molar-refractivity contribution < 1.29 is 9.53 Å². The van der Waals surface area contributed by atoms with Gasteiger partial charge in [0.05, 0.1) is 6.61 Å². The molecule has 23 heavy (non-hydrogen) atoms. The summed E-state index contributed by atoms with van der Waals surface area (Å²) < 4.78 is 5.51. The van der Waals surface area contributed by atoms with E-state index in [0.29, 0.717) is 13.2 Å². The zero-order chi connectivity index (χ0) is 16.7. The maximum atomic E-state index is 11.9. The highest BCUT2D eigenvalue weighted by Crippen LogP contribution is 2.29. The maximum absolute atomic E-state index is 11.9. The number of rotatable bonds is 9. The molecule has 4 nitrogen and oxygen atoms in total. The summed E-state index contributed by atoms with van der Waals surface area (Å²) in [6.45, 7) is 8.47. The van der Waals surface area contributed by atoms with Gasteiger partial charge in [0.1, 0.15) is 0 Å². The maximum Gasteiger partial charge on any atom is 0.315 e. The van der Waals surface area contributed by atoms with Crippen molar-refractivity contribution in [3.8, 4) is 0 Å². The van der Waals surface area contributed by atoms with E-state index in [1.165, 1.54) is 18.4 Å². The summed E-state index contributed by atoms with van der Waals surface area (Å²) in [7, 11) is 0. The molecular weight excluding hydrogens is 288 g/mol. The summed E-state index contributed by atoms with van der Waals surface area (Å²) in [4.78, 5) is 11.9. The van der Waals surface area contributed by atoms with E-state index in [1.54, 1.807) is 0 Å². The topological polar surface area (TPSA) is 50.4 Å². The molecule has 2 rings (SSSR count). The molecule has 128 valence electrons. The van der Waals surface area contributed by atoms with E-state index >= 15 is 0 Å². The molecule has 2 amide bonds. The molecule has 0 saturated heterocycles. The molecule has 0 heterocycles. The Kier molecular flexibility index (Phi) is 6.46. The lowest BCUT2D eigenvalue weighted by molar-refractivity contribution is 0.126. The number of urea groups is 1. The molecule has 4 heteroatoms. The van der Waals surface area contributed by atoms with Crippen LogP contribution in [-0.2, 0) is 10.2 Å². The zero-order valence-corrected chi connectivity index (χ0v) is 14.6. The van der Waals surface area contributed by atoms with Crippen molar-refractivity contribution in [2.24, 2.45) is 5.92 Å². The van der Waals surface area contributed by atoms with Crippen LogP contribution in [0.5, 0.6) is 0 Å². The number of amides is 2. The van der Waals surface area contributed by atoms with Gasteiger partial charge in [-0.25, -0.2) is 4.79 Å². The number of hydrogen-bond acceptors (Lipinski definition) is 2. The van der Waals surface area contributed by atoms with Crippen LogP contribution >= 0.6 is 0 Å². The van der Waals surface area contributed by atoms with Gasteiger partial charge in [-0.1, -0.05) is 44.2 Å². The Morgan fingerprint density at radius 1 is 1.30 bits per heavy atom. The zero-order valence-electron chi connectivity index (χ0n) is 14.6. The van der Waals surface area contributed by atoms with Gasteiger partial charge in [0.15, 0.2) is 0 Å². The molecule has 1 unspecified atom stereocenters. The third-order valence-corrected chi connectivity index (χ3v) is 4.33. The molecule has 2 N–H and O–H groups in total. The highest BCUT2D eigenvalue weighted by Gasteiger charge is 2.24. The summed E-state index contributed by atoms with van der Waals surface area (Å²) in [5.74, 6) is 0.768. The van der Waals surface area contributed by atoms with E-state index in [9.17, 15) is 4.79 Å². The molecule has 1 fully saturated rings. The molecule has 0 bridgehead atoms. The lowest BCUT2D eigenvalue weighted by Crippen LogP contribution is -2.44. The van der Waals surface area contributed by atoms with E-state index in [4.69, 9.17) is 4.74 Å². The standard InChI is InChI=1S/C19H30N2O2/c1-15(13-19(2,3)17-7-5-4-6-8-17)21-18(22)20-11-12-23-14-16-9-10-16/h4-8,15-16H,9-14H2,1-3H3,(H2,20,21,22). The molecule has 0 aliphatic heterocycles. The molecular formula is C19H30N2O2. The predicted molar refractivity (Wildman–Crippen MR) is 93.6 cm³/mol. The van der Waals surface area contributed by atoms with Crippen LogP contribution < -0.4 is 10.6 Å². The van der Waals surface area contributed by atoms with Gasteiger partial charge < -0.3 is 15.4 Å². The number of hydrogen-bond donors (Lipinski definition) is 2. The summed E-state index contributed by atoms with van der Waals surface area (Å²) in [6, 6.07) is 10.4. The van der Waals surface area contributed by atoms with Crippen LogP contribution in [0.15, 0.2) is 30.3 Å². The summed E-state index contributed by atoms with van der Waals surface area (Å²) in [5.41, 5.74) is 1.32. The first-order chi connectivity index (χ1) is 11.0. The normalized spacial score (nSPS) is 16.0. The monoisotopic (exact) mass is 318 g/mol. The average Bonchev–Trinajstić information content (AvgIpc) is 3.31. The van der Waals surface area contributed by atoms with E-state index in [2.05, 4.69) is 48.7 Å². The van der Waals surface area contributed by atoms with Gasteiger partial charge in [0.25, 0.3) is 0 Å². The molecule has 1 aromatic rings. The van der Waals surface area contributed by atoms with Crippen molar-refractivity contribution in [3.05, 3.63) is 35.9 Å². The minimum atomic E-state index is -0.114. The Hall–Kier alpha value is -1.55. The van der Waals surface area contributed by atoms with Crippen LogP contribution in [0.3, 0.4) is 0 Å². The summed E-state index contributed by atoms with van der Waals surface area (Å²) >= 11 is 0. The van der Waals surface area contributed by atoms with Crippen LogP contribution in [0.4, 0.5) is 4.79 Å². The average molecular weight is 318 g/mol. The van der Waals surface area contributed by atoms with Crippen LogP contribution in [-0.4, -0.2) is 31.8 Å². The van der Waals surface area contributed by atoms with Crippen molar-refractivity contribution in [3.63, 3.8) is 0 Å². The van der Waals surface area contributed by atoms with Crippen molar-refractivity contribution >= 4 is 6.03 Å². The first-order valence-corrected chi connectivity index (χ1v) is 8.65. The quantitative estimate of drug-likeness (QED) is 0.685. The lowest BCUT2D eigenvalue weighted by Gasteiger charge is -2.29. The second-order valence-corrected chi connectivity index (χ2v) is 7.27. The molecule has 0 spiro atoms. The Morgan fingerprint density at radius 3 is 2.65 bits per heavy atom. The van der Waals surface area contributed by atoms with Crippen LogP contribution in [0, 0.1) is 5.92 Å². The Morgan fingerprint density at radius 2 is 2.00 bits per heavy atom. The van der Waals surface area contributed by atoms with E-state index < -0.39 is 0 Å². The smallest absolute Gasteiger partial charge is 0.315 e. The molecule has 1 aromatic carbocycles. The van der Waals surface area contributed by atoms with Crippen LogP contribution in [0.1, 0.15) is 45.6 Å². The largest absolute Gasteiger partial charge is 0.379 e. The second-order valence-electron chi connectivity index (χ2n) is 7.27. The predicted octanol–water partition coefficient (Wildman–Crippen LogP) is 3.47.